The molecule has 0 spiro atoms. The van der Waals surface area contributed by atoms with Crippen LogP contribution in [0, 0.1) is 0 Å². The van der Waals surface area contributed by atoms with Gasteiger partial charge in [0.05, 0.1) is 10.4 Å². The van der Waals surface area contributed by atoms with E-state index in [4.69, 9.17) is 10.3 Å². The van der Waals surface area contributed by atoms with Crippen molar-refractivity contribution in [2.24, 2.45) is 5.73 Å². The number of aromatic nitrogens is 1. The monoisotopic (exact) mass is 285 g/mol. The van der Waals surface area contributed by atoms with Gasteiger partial charge in [0.2, 0.25) is 0 Å². The highest BCUT2D eigenvalue weighted by Crippen LogP contribution is 2.47. The number of nitrogens with zero attached hydrogens (tertiary/aromatic N) is 2. The highest BCUT2D eigenvalue weighted by molar-refractivity contribution is 8.23. The summed E-state index contributed by atoms with van der Waals surface area (Å²) in [5, 5.41) is 3.46. The van der Waals surface area contributed by atoms with Crippen molar-refractivity contribution in [3.63, 3.8) is 0 Å². The van der Waals surface area contributed by atoms with E-state index in [1.165, 1.54) is 11.8 Å². The molecule has 0 bridgehead atoms. The Morgan fingerprint density at radius 3 is 3.00 bits per heavy atom. The van der Waals surface area contributed by atoms with Crippen molar-refractivity contribution in [2.45, 2.75) is 18.7 Å². The average molecular weight is 285 g/mol. The molecule has 1 aliphatic heterocycles. The van der Waals surface area contributed by atoms with Crippen LogP contribution in [0.5, 0.6) is 0 Å². The lowest BCUT2D eigenvalue weighted by molar-refractivity contribution is -0.119. The third-order valence-corrected chi connectivity index (χ3v) is 5.32. The first-order chi connectivity index (χ1) is 8.60. The van der Waals surface area contributed by atoms with Gasteiger partial charge in [-0.2, -0.15) is 0 Å². The Labute approximate surface area is 114 Å². The summed E-state index contributed by atoms with van der Waals surface area (Å²) in [4.78, 5) is 13.3. The van der Waals surface area contributed by atoms with Crippen LogP contribution in [0.3, 0.4) is 0 Å². The summed E-state index contributed by atoms with van der Waals surface area (Å²) in [6, 6.07) is 0. The highest BCUT2D eigenvalue weighted by atomic mass is 32.2. The summed E-state index contributed by atoms with van der Waals surface area (Å²) in [6.07, 6.45) is 4.53. The number of carbonyl (C=O) groups is 1. The normalized spacial score (nSPS) is 19.7. The number of amides is 1. The van der Waals surface area contributed by atoms with E-state index in [9.17, 15) is 4.79 Å². The van der Waals surface area contributed by atoms with Crippen LogP contribution in [0.2, 0.25) is 0 Å². The summed E-state index contributed by atoms with van der Waals surface area (Å²) in [6.45, 7) is 2.04. The molecule has 2 rings (SSSR count). The van der Waals surface area contributed by atoms with Crippen molar-refractivity contribution in [3.05, 3.63) is 21.8 Å². The number of rotatable bonds is 4. The predicted octanol–water partition coefficient (Wildman–Crippen LogP) is 1.72. The molecule has 0 saturated carbocycles. The summed E-state index contributed by atoms with van der Waals surface area (Å²) in [7, 11) is 1.85. The fourth-order valence-electron chi connectivity index (χ4n) is 1.85. The van der Waals surface area contributed by atoms with Gasteiger partial charge in [0.1, 0.15) is 5.70 Å². The molecule has 2 heterocycles. The van der Waals surface area contributed by atoms with Gasteiger partial charge >= 0.3 is 0 Å². The van der Waals surface area contributed by atoms with E-state index >= 15 is 0 Å². The van der Waals surface area contributed by atoms with Crippen LogP contribution in [-0.2, 0) is 11.2 Å². The minimum absolute atomic E-state index is 0.346. The molecule has 0 fully saturated rings. The van der Waals surface area contributed by atoms with Crippen LogP contribution in [0.4, 0.5) is 0 Å². The van der Waals surface area contributed by atoms with Gasteiger partial charge in [0.15, 0.2) is 11.1 Å². The topological polar surface area (TPSA) is 72.4 Å². The maximum atomic E-state index is 11.4. The molecular formula is C11H15N3O2S2. The molecule has 1 atom stereocenters. The molecule has 0 aromatic carbocycles. The largest absolute Gasteiger partial charge is 0.367 e. The minimum atomic E-state index is -0.378. The zero-order valence-corrected chi connectivity index (χ0v) is 12.1. The molecule has 7 heteroatoms. The smallest absolute Gasteiger partial charge is 0.251 e. The zero-order chi connectivity index (χ0) is 13.3. The highest BCUT2D eigenvalue weighted by Gasteiger charge is 2.36. The first-order valence-electron chi connectivity index (χ1n) is 5.51. The Kier molecular flexibility index (Phi) is 3.91. The molecule has 1 unspecified atom stereocenters. The fraction of sp³-hybridized carbons (Fsp3) is 0.455. The van der Waals surface area contributed by atoms with Crippen molar-refractivity contribution in [2.75, 3.05) is 13.3 Å². The third-order valence-electron chi connectivity index (χ3n) is 2.79. The maximum absolute atomic E-state index is 11.4. The van der Waals surface area contributed by atoms with Gasteiger partial charge < -0.3 is 15.2 Å². The SMILES string of the molecule is CCc1cnoc1C1=C(SC)SC(C(N)=O)N1C. The molecule has 1 aromatic heterocycles. The lowest BCUT2D eigenvalue weighted by Crippen LogP contribution is -2.36. The lowest BCUT2D eigenvalue weighted by atomic mass is 10.1. The van der Waals surface area contributed by atoms with E-state index in [1.807, 2.05) is 25.1 Å². The number of nitrogens with two attached hydrogens (primary N) is 1. The number of primary amides is 1. The molecule has 5 nitrogen and oxygen atoms in total. The van der Waals surface area contributed by atoms with Gasteiger partial charge in [-0.25, -0.2) is 0 Å². The summed E-state index contributed by atoms with van der Waals surface area (Å²) < 4.78 is 6.38. The van der Waals surface area contributed by atoms with Crippen molar-refractivity contribution in [1.29, 1.82) is 0 Å². The third kappa shape index (κ3) is 2.12. The van der Waals surface area contributed by atoms with Gasteiger partial charge in [-0.3, -0.25) is 4.79 Å². The maximum Gasteiger partial charge on any atom is 0.251 e. The van der Waals surface area contributed by atoms with Crippen molar-refractivity contribution < 1.29 is 9.32 Å². The van der Waals surface area contributed by atoms with Gasteiger partial charge in [-0.1, -0.05) is 23.8 Å². The molecule has 0 radical (unpaired) electrons. The summed E-state index contributed by atoms with van der Waals surface area (Å²) >= 11 is 3.05. The molecule has 0 aliphatic carbocycles. The molecule has 98 valence electrons. The van der Waals surface area contributed by atoms with Crippen LogP contribution in [-0.4, -0.2) is 34.6 Å². The number of thioether (sulfide) groups is 2. The van der Waals surface area contributed by atoms with Crippen molar-refractivity contribution >= 4 is 35.1 Å². The predicted molar refractivity (Wildman–Crippen MR) is 74.7 cm³/mol. The van der Waals surface area contributed by atoms with Crippen LogP contribution in [0.25, 0.3) is 5.70 Å². The Bertz CT molecular complexity index is 498. The van der Waals surface area contributed by atoms with Gasteiger partial charge in [-0.05, 0) is 12.7 Å². The van der Waals surface area contributed by atoms with Crippen LogP contribution < -0.4 is 5.73 Å². The second-order valence-electron chi connectivity index (χ2n) is 3.86. The Hall–Kier alpha value is -1.08. The number of hydrogen-bond acceptors (Lipinski definition) is 6. The Morgan fingerprint density at radius 2 is 2.44 bits per heavy atom. The minimum Gasteiger partial charge on any atom is -0.367 e. The van der Waals surface area contributed by atoms with E-state index in [2.05, 4.69) is 5.16 Å². The number of carbonyl (C=O) groups excluding carboxylic acids is 1. The van der Waals surface area contributed by atoms with Gasteiger partial charge in [0.25, 0.3) is 5.91 Å². The Morgan fingerprint density at radius 1 is 1.72 bits per heavy atom. The molecule has 0 saturated heterocycles. The van der Waals surface area contributed by atoms with Gasteiger partial charge in [-0.15, -0.1) is 11.8 Å². The molecule has 2 N–H and O–H groups in total. The summed E-state index contributed by atoms with van der Waals surface area (Å²) in [5.74, 6) is 0.391. The first kappa shape index (κ1) is 13.4. The van der Waals surface area contributed by atoms with Gasteiger partial charge in [0, 0.05) is 12.6 Å². The number of likely N-dealkylation sites (N-methyl/N-ethyl adjacent to an activating group) is 1. The van der Waals surface area contributed by atoms with Crippen LogP contribution in [0.1, 0.15) is 18.2 Å². The quantitative estimate of drug-likeness (QED) is 0.908. The lowest BCUT2D eigenvalue weighted by Gasteiger charge is -2.20. The Balaban J connectivity index is 2.44. The van der Waals surface area contributed by atoms with E-state index in [-0.39, 0.29) is 11.3 Å². The van der Waals surface area contributed by atoms with E-state index in [0.29, 0.717) is 0 Å². The van der Waals surface area contributed by atoms with Crippen LogP contribution in [0.15, 0.2) is 15.0 Å². The van der Waals surface area contributed by atoms with E-state index in [0.717, 1.165) is 27.7 Å². The number of aryl methyl sites for hydroxylation is 1. The standard InChI is InChI=1S/C11H15N3O2S2/c1-4-6-5-13-16-8(6)7-11(17-3)18-10(9(12)15)14(7)2/h5,10H,4H2,1-3H3,(H2,12,15). The second-order valence-corrected chi connectivity index (χ2v) is 6.02. The molecule has 18 heavy (non-hydrogen) atoms. The average Bonchev–Trinajstić information content (AvgIpc) is 2.91. The van der Waals surface area contributed by atoms with Crippen LogP contribution >= 0.6 is 23.5 Å². The molecule has 1 amide bonds. The zero-order valence-electron chi connectivity index (χ0n) is 10.5. The van der Waals surface area contributed by atoms with E-state index in [1.54, 1.807) is 18.0 Å². The number of hydrogen-bond donors (Lipinski definition) is 1. The second kappa shape index (κ2) is 5.27. The van der Waals surface area contributed by atoms with Crippen molar-refractivity contribution in [3.8, 4) is 0 Å². The van der Waals surface area contributed by atoms with Crippen molar-refractivity contribution in [1.82, 2.24) is 10.1 Å². The van der Waals surface area contributed by atoms with E-state index < -0.39 is 0 Å². The molecule has 1 aromatic rings. The first-order valence-corrected chi connectivity index (χ1v) is 7.61. The molecular weight excluding hydrogens is 270 g/mol. The fourth-order valence-corrected chi connectivity index (χ4v) is 3.87. The molecule has 1 aliphatic rings. The summed E-state index contributed by atoms with van der Waals surface area (Å²) in [5.41, 5.74) is 7.35.